The Bertz CT molecular complexity index is 255. The number of nitrogens with one attached hydrogen (secondary N) is 2. The van der Waals surface area contributed by atoms with Crippen LogP contribution < -0.4 is 5.32 Å². The summed E-state index contributed by atoms with van der Waals surface area (Å²) in [7, 11) is 0. The van der Waals surface area contributed by atoms with Crippen LogP contribution in [0.2, 0.25) is 0 Å². The molecule has 1 fully saturated rings. The second kappa shape index (κ2) is 5.90. The van der Waals surface area contributed by atoms with Crippen molar-refractivity contribution in [2.45, 2.75) is 6.54 Å². The van der Waals surface area contributed by atoms with Gasteiger partial charge in [0.2, 0.25) is 0 Å². The lowest BCUT2D eigenvalue weighted by Gasteiger charge is -2.26. The van der Waals surface area contributed by atoms with Crippen molar-refractivity contribution < 1.29 is 4.74 Å². The normalized spacial score (nSPS) is 18.1. The van der Waals surface area contributed by atoms with Gasteiger partial charge in [-0.1, -0.05) is 0 Å². The molecule has 1 aromatic rings. The van der Waals surface area contributed by atoms with Crippen LogP contribution in [0.25, 0.3) is 0 Å². The quantitative estimate of drug-likeness (QED) is 0.691. The molecule has 1 saturated heterocycles. The molecule has 1 aliphatic heterocycles. The van der Waals surface area contributed by atoms with E-state index in [1.165, 1.54) is 5.69 Å². The Labute approximate surface area is 90.6 Å². The van der Waals surface area contributed by atoms with Crippen molar-refractivity contribution in [1.82, 2.24) is 15.2 Å². The summed E-state index contributed by atoms with van der Waals surface area (Å²) < 4.78 is 5.30. The van der Waals surface area contributed by atoms with E-state index in [1.807, 2.05) is 12.3 Å². The predicted molar refractivity (Wildman–Crippen MR) is 59.8 cm³/mol. The van der Waals surface area contributed by atoms with E-state index in [9.17, 15) is 0 Å². The molecular weight excluding hydrogens is 190 g/mol. The van der Waals surface area contributed by atoms with Gasteiger partial charge in [0.1, 0.15) is 0 Å². The van der Waals surface area contributed by atoms with Crippen LogP contribution in [0.3, 0.4) is 0 Å². The molecule has 0 aromatic carbocycles. The number of hydrogen-bond acceptors (Lipinski definition) is 3. The Morgan fingerprint density at radius 1 is 1.40 bits per heavy atom. The van der Waals surface area contributed by atoms with Crippen molar-refractivity contribution in [2.75, 3.05) is 39.4 Å². The molecule has 84 valence electrons. The Kier molecular flexibility index (Phi) is 4.20. The Hall–Kier alpha value is -0.840. The van der Waals surface area contributed by atoms with E-state index < -0.39 is 0 Å². The van der Waals surface area contributed by atoms with Crippen LogP contribution in [0.1, 0.15) is 5.69 Å². The van der Waals surface area contributed by atoms with Crippen LogP contribution in [0.5, 0.6) is 0 Å². The molecule has 0 aliphatic carbocycles. The molecule has 2 heterocycles. The predicted octanol–water partition coefficient (Wildman–Crippen LogP) is 0.436. The molecule has 0 bridgehead atoms. The number of hydrogen-bond donors (Lipinski definition) is 2. The minimum atomic E-state index is 0.886. The van der Waals surface area contributed by atoms with Gasteiger partial charge in [0, 0.05) is 44.6 Å². The lowest BCUT2D eigenvalue weighted by Crippen LogP contribution is -2.40. The first-order chi connectivity index (χ1) is 7.45. The van der Waals surface area contributed by atoms with Crippen LogP contribution in [-0.4, -0.2) is 49.3 Å². The van der Waals surface area contributed by atoms with E-state index in [-0.39, 0.29) is 0 Å². The molecule has 1 aromatic heterocycles. The maximum absolute atomic E-state index is 5.30. The van der Waals surface area contributed by atoms with Crippen LogP contribution in [-0.2, 0) is 11.3 Å². The van der Waals surface area contributed by atoms with Gasteiger partial charge in [-0.15, -0.1) is 0 Å². The van der Waals surface area contributed by atoms with Crippen molar-refractivity contribution in [2.24, 2.45) is 0 Å². The molecule has 0 spiro atoms. The van der Waals surface area contributed by atoms with Gasteiger partial charge in [-0.3, -0.25) is 4.90 Å². The molecule has 2 N–H and O–H groups in total. The summed E-state index contributed by atoms with van der Waals surface area (Å²) in [5, 5.41) is 3.42. The lowest BCUT2D eigenvalue weighted by atomic mass is 10.4. The highest BCUT2D eigenvalue weighted by Crippen LogP contribution is 1.96. The maximum Gasteiger partial charge on any atom is 0.0594 e. The zero-order valence-corrected chi connectivity index (χ0v) is 9.04. The van der Waals surface area contributed by atoms with Crippen LogP contribution in [0, 0.1) is 0 Å². The Morgan fingerprint density at radius 2 is 2.27 bits per heavy atom. The molecular formula is C11H19N3O. The van der Waals surface area contributed by atoms with Gasteiger partial charge in [0.15, 0.2) is 0 Å². The topological polar surface area (TPSA) is 40.3 Å². The van der Waals surface area contributed by atoms with Gasteiger partial charge < -0.3 is 15.0 Å². The molecule has 0 unspecified atom stereocenters. The van der Waals surface area contributed by atoms with E-state index in [0.29, 0.717) is 0 Å². The van der Waals surface area contributed by atoms with Crippen molar-refractivity contribution in [3.63, 3.8) is 0 Å². The van der Waals surface area contributed by atoms with Gasteiger partial charge >= 0.3 is 0 Å². The molecule has 4 nitrogen and oxygen atoms in total. The zero-order chi connectivity index (χ0) is 10.3. The molecule has 15 heavy (non-hydrogen) atoms. The standard InChI is InChI=1S/C11H19N3O/c1-2-11(13-3-1)10-12-4-5-14-6-8-15-9-7-14/h1-3,12-13H,4-10H2. The summed E-state index contributed by atoms with van der Waals surface area (Å²) in [5.74, 6) is 0. The molecule has 0 saturated carbocycles. The molecule has 0 amide bonds. The van der Waals surface area contributed by atoms with Crippen molar-refractivity contribution in [1.29, 1.82) is 0 Å². The first-order valence-corrected chi connectivity index (χ1v) is 5.58. The number of aromatic nitrogens is 1. The molecule has 0 radical (unpaired) electrons. The summed E-state index contributed by atoms with van der Waals surface area (Å²) in [4.78, 5) is 5.62. The second-order valence-electron chi connectivity index (χ2n) is 3.83. The van der Waals surface area contributed by atoms with E-state index in [1.54, 1.807) is 0 Å². The van der Waals surface area contributed by atoms with Gasteiger partial charge in [-0.2, -0.15) is 0 Å². The molecule has 1 aliphatic rings. The number of H-pyrrole nitrogens is 1. The average Bonchev–Trinajstić information content (AvgIpc) is 2.79. The minimum absolute atomic E-state index is 0.886. The van der Waals surface area contributed by atoms with Gasteiger partial charge in [-0.05, 0) is 12.1 Å². The molecule has 0 atom stereocenters. The molecule has 2 rings (SSSR count). The van der Waals surface area contributed by atoms with Gasteiger partial charge in [0.05, 0.1) is 13.2 Å². The first kappa shape index (κ1) is 10.7. The largest absolute Gasteiger partial charge is 0.379 e. The highest BCUT2D eigenvalue weighted by molar-refractivity contribution is 5.02. The minimum Gasteiger partial charge on any atom is -0.379 e. The Morgan fingerprint density at radius 3 is 3.00 bits per heavy atom. The summed E-state index contributed by atoms with van der Waals surface area (Å²) >= 11 is 0. The second-order valence-corrected chi connectivity index (χ2v) is 3.83. The summed E-state index contributed by atoms with van der Waals surface area (Å²) in [5.41, 5.74) is 1.25. The number of aromatic amines is 1. The van der Waals surface area contributed by atoms with E-state index in [2.05, 4.69) is 21.3 Å². The monoisotopic (exact) mass is 209 g/mol. The average molecular weight is 209 g/mol. The van der Waals surface area contributed by atoms with Gasteiger partial charge in [-0.25, -0.2) is 0 Å². The van der Waals surface area contributed by atoms with E-state index in [0.717, 1.165) is 45.9 Å². The fourth-order valence-electron chi connectivity index (χ4n) is 1.76. The fourth-order valence-corrected chi connectivity index (χ4v) is 1.76. The Balaban J connectivity index is 1.54. The molecule has 4 heteroatoms. The maximum atomic E-state index is 5.30. The highest BCUT2D eigenvalue weighted by atomic mass is 16.5. The van der Waals surface area contributed by atoms with Gasteiger partial charge in [0.25, 0.3) is 0 Å². The van der Waals surface area contributed by atoms with Crippen molar-refractivity contribution in [3.05, 3.63) is 24.0 Å². The summed E-state index contributed by atoms with van der Waals surface area (Å²) in [6.45, 7) is 7.00. The fraction of sp³-hybridized carbons (Fsp3) is 0.636. The number of morpholine rings is 1. The van der Waals surface area contributed by atoms with Crippen LogP contribution in [0.15, 0.2) is 18.3 Å². The first-order valence-electron chi connectivity index (χ1n) is 5.58. The third kappa shape index (κ3) is 3.66. The highest BCUT2D eigenvalue weighted by Gasteiger charge is 2.08. The van der Waals surface area contributed by atoms with Crippen LogP contribution >= 0.6 is 0 Å². The summed E-state index contributed by atoms with van der Waals surface area (Å²) in [6, 6.07) is 4.13. The number of ether oxygens (including phenoxy) is 1. The van der Waals surface area contributed by atoms with Crippen molar-refractivity contribution in [3.8, 4) is 0 Å². The smallest absolute Gasteiger partial charge is 0.0594 e. The number of nitrogens with zero attached hydrogens (tertiary/aromatic N) is 1. The number of rotatable bonds is 5. The van der Waals surface area contributed by atoms with E-state index in [4.69, 9.17) is 4.74 Å². The SMILES string of the molecule is c1c[nH]c(CNCCN2CCOCC2)c1. The van der Waals surface area contributed by atoms with Crippen molar-refractivity contribution >= 4 is 0 Å². The summed E-state index contributed by atoms with van der Waals surface area (Å²) in [6.07, 6.45) is 1.96. The van der Waals surface area contributed by atoms with Crippen LogP contribution in [0.4, 0.5) is 0 Å². The zero-order valence-electron chi connectivity index (χ0n) is 9.04. The third-order valence-corrected chi connectivity index (χ3v) is 2.69. The lowest BCUT2D eigenvalue weighted by molar-refractivity contribution is 0.0384. The third-order valence-electron chi connectivity index (χ3n) is 2.69. The van der Waals surface area contributed by atoms with E-state index >= 15 is 0 Å².